The first-order valence-electron chi connectivity index (χ1n) is 10.2. The van der Waals surface area contributed by atoms with Crippen molar-refractivity contribution in [3.8, 4) is 17.2 Å². The SMILES string of the molecule is C[C@H](c1nnc(-c2ccc([N+](=O)[O-])cc2)o1)N1CC(OCCCOc2ccccc2)C1. The van der Waals surface area contributed by atoms with Crippen LogP contribution in [0, 0.1) is 10.1 Å². The molecule has 0 aliphatic carbocycles. The van der Waals surface area contributed by atoms with Gasteiger partial charge in [0.1, 0.15) is 5.75 Å². The Labute approximate surface area is 179 Å². The van der Waals surface area contributed by atoms with Crippen LogP contribution in [0.4, 0.5) is 5.69 Å². The second kappa shape index (κ2) is 9.67. The molecular weight excluding hydrogens is 400 g/mol. The highest BCUT2D eigenvalue weighted by molar-refractivity contribution is 5.55. The summed E-state index contributed by atoms with van der Waals surface area (Å²) in [6.07, 6.45) is 1.03. The Bertz CT molecular complexity index is 987. The van der Waals surface area contributed by atoms with E-state index >= 15 is 0 Å². The average molecular weight is 424 g/mol. The van der Waals surface area contributed by atoms with Crippen LogP contribution in [-0.2, 0) is 4.74 Å². The fourth-order valence-corrected chi connectivity index (χ4v) is 3.31. The summed E-state index contributed by atoms with van der Waals surface area (Å²) in [5.74, 6) is 1.74. The Morgan fingerprint density at radius 2 is 1.87 bits per heavy atom. The first kappa shape index (κ1) is 21.0. The molecule has 1 aliphatic heterocycles. The smallest absolute Gasteiger partial charge is 0.269 e. The van der Waals surface area contributed by atoms with Gasteiger partial charge in [-0.25, -0.2) is 0 Å². The summed E-state index contributed by atoms with van der Waals surface area (Å²) < 4.78 is 17.3. The third-order valence-electron chi connectivity index (χ3n) is 5.20. The van der Waals surface area contributed by atoms with E-state index in [1.807, 2.05) is 37.3 Å². The van der Waals surface area contributed by atoms with Crippen LogP contribution in [0.15, 0.2) is 59.0 Å². The summed E-state index contributed by atoms with van der Waals surface area (Å²) in [6.45, 7) is 4.90. The van der Waals surface area contributed by atoms with Crippen LogP contribution in [0.2, 0.25) is 0 Å². The number of likely N-dealkylation sites (tertiary alicyclic amines) is 1. The molecule has 0 amide bonds. The van der Waals surface area contributed by atoms with E-state index in [4.69, 9.17) is 13.9 Å². The van der Waals surface area contributed by atoms with E-state index in [9.17, 15) is 10.1 Å². The zero-order valence-corrected chi connectivity index (χ0v) is 17.2. The van der Waals surface area contributed by atoms with E-state index in [0.29, 0.717) is 30.6 Å². The lowest BCUT2D eigenvalue weighted by Gasteiger charge is -2.41. The molecule has 4 rings (SSSR count). The molecule has 0 radical (unpaired) electrons. The van der Waals surface area contributed by atoms with Crippen molar-refractivity contribution in [2.75, 3.05) is 26.3 Å². The van der Waals surface area contributed by atoms with Crippen molar-refractivity contribution in [2.24, 2.45) is 0 Å². The van der Waals surface area contributed by atoms with Crippen LogP contribution >= 0.6 is 0 Å². The molecule has 1 saturated heterocycles. The molecule has 3 aromatic rings. The van der Waals surface area contributed by atoms with Crippen molar-refractivity contribution in [1.82, 2.24) is 15.1 Å². The zero-order valence-electron chi connectivity index (χ0n) is 17.2. The molecule has 9 heteroatoms. The van der Waals surface area contributed by atoms with Crippen molar-refractivity contribution in [1.29, 1.82) is 0 Å². The van der Waals surface area contributed by atoms with Crippen LogP contribution < -0.4 is 4.74 Å². The fourth-order valence-electron chi connectivity index (χ4n) is 3.31. The number of aromatic nitrogens is 2. The van der Waals surface area contributed by atoms with Gasteiger partial charge >= 0.3 is 0 Å². The van der Waals surface area contributed by atoms with Gasteiger partial charge in [0, 0.05) is 37.2 Å². The molecular formula is C22H24N4O5. The summed E-state index contributed by atoms with van der Waals surface area (Å²) >= 11 is 0. The largest absolute Gasteiger partial charge is 0.494 e. The molecule has 0 spiro atoms. The molecule has 1 atom stereocenters. The minimum Gasteiger partial charge on any atom is -0.494 e. The predicted octanol–water partition coefficient (Wildman–Crippen LogP) is 3.88. The van der Waals surface area contributed by atoms with Gasteiger partial charge in [0.25, 0.3) is 5.69 Å². The van der Waals surface area contributed by atoms with Crippen LogP contribution in [-0.4, -0.2) is 52.4 Å². The maximum atomic E-state index is 10.8. The normalized spacial score (nSPS) is 15.4. The maximum absolute atomic E-state index is 10.8. The Kier molecular flexibility index (Phi) is 6.54. The van der Waals surface area contributed by atoms with Crippen molar-refractivity contribution in [2.45, 2.75) is 25.5 Å². The molecule has 31 heavy (non-hydrogen) atoms. The molecule has 9 nitrogen and oxygen atoms in total. The standard InChI is InChI=1S/C22H24N4O5/c1-16(21-23-24-22(31-21)17-8-10-18(11-9-17)26(27)28)25-14-20(15-25)30-13-5-12-29-19-6-3-2-4-7-19/h2-4,6-11,16,20H,5,12-15H2,1H3/t16-/m1/s1. The van der Waals surface area contributed by atoms with E-state index < -0.39 is 4.92 Å². The molecule has 1 fully saturated rings. The molecule has 1 aliphatic rings. The zero-order chi connectivity index (χ0) is 21.6. The number of hydrogen-bond acceptors (Lipinski definition) is 8. The Hall–Kier alpha value is -3.30. The van der Waals surface area contributed by atoms with Gasteiger partial charge in [-0.15, -0.1) is 10.2 Å². The Balaban J connectivity index is 1.18. The van der Waals surface area contributed by atoms with E-state index in [2.05, 4.69) is 15.1 Å². The summed E-state index contributed by atoms with van der Waals surface area (Å²) in [7, 11) is 0. The second-order valence-electron chi connectivity index (χ2n) is 7.39. The van der Waals surface area contributed by atoms with E-state index in [1.165, 1.54) is 12.1 Å². The molecule has 0 bridgehead atoms. The van der Waals surface area contributed by atoms with Crippen LogP contribution in [0.25, 0.3) is 11.5 Å². The number of nitro groups is 1. The number of nitro benzene ring substituents is 1. The number of benzene rings is 2. The summed E-state index contributed by atoms with van der Waals surface area (Å²) in [5, 5.41) is 19.0. The molecule has 0 saturated carbocycles. The fraction of sp³-hybridized carbons (Fsp3) is 0.364. The molecule has 0 N–H and O–H groups in total. The van der Waals surface area contributed by atoms with Crippen molar-refractivity contribution < 1.29 is 18.8 Å². The number of para-hydroxylation sites is 1. The van der Waals surface area contributed by atoms with Gasteiger partial charge in [-0.1, -0.05) is 18.2 Å². The third-order valence-corrected chi connectivity index (χ3v) is 5.20. The van der Waals surface area contributed by atoms with Crippen LogP contribution in [0.5, 0.6) is 5.75 Å². The highest BCUT2D eigenvalue weighted by Gasteiger charge is 2.34. The van der Waals surface area contributed by atoms with E-state index in [-0.39, 0.29) is 17.8 Å². The van der Waals surface area contributed by atoms with Crippen LogP contribution in [0.3, 0.4) is 0 Å². The highest BCUT2D eigenvalue weighted by Crippen LogP contribution is 2.28. The van der Waals surface area contributed by atoms with Gasteiger partial charge in [0.05, 0.1) is 30.3 Å². The molecule has 1 aromatic heterocycles. The van der Waals surface area contributed by atoms with E-state index in [0.717, 1.165) is 25.3 Å². The summed E-state index contributed by atoms with van der Waals surface area (Å²) in [4.78, 5) is 12.5. The first-order chi connectivity index (χ1) is 15.1. The van der Waals surface area contributed by atoms with Gasteiger partial charge < -0.3 is 13.9 Å². The Morgan fingerprint density at radius 3 is 2.58 bits per heavy atom. The van der Waals surface area contributed by atoms with Gasteiger partial charge in [0.15, 0.2) is 0 Å². The van der Waals surface area contributed by atoms with Gasteiger partial charge in [-0.2, -0.15) is 0 Å². The third kappa shape index (κ3) is 5.25. The van der Waals surface area contributed by atoms with Crippen molar-refractivity contribution in [3.63, 3.8) is 0 Å². The lowest BCUT2D eigenvalue weighted by Crippen LogP contribution is -2.53. The van der Waals surface area contributed by atoms with Gasteiger partial charge in [0.2, 0.25) is 11.8 Å². The number of rotatable bonds is 10. The molecule has 2 heterocycles. The quantitative estimate of drug-likeness (QED) is 0.274. The number of hydrogen-bond donors (Lipinski definition) is 0. The maximum Gasteiger partial charge on any atom is 0.269 e. The monoisotopic (exact) mass is 424 g/mol. The average Bonchev–Trinajstić information content (AvgIpc) is 3.25. The van der Waals surface area contributed by atoms with Gasteiger partial charge in [-0.05, 0) is 31.2 Å². The predicted molar refractivity (Wildman–Crippen MR) is 113 cm³/mol. The first-order valence-corrected chi connectivity index (χ1v) is 10.2. The summed E-state index contributed by atoms with van der Waals surface area (Å²) in [6, 6.07) is 15.8. The highest BCUT2D eigenvalue weighted by atomic mass is 16.6. The minimum atomic E-state index is -0.441. The number of ether oxygens (including phenoxy) is 2. The van der Waals surface area contributed by atoms with Gasteiger partial charge in [-0.3, -0.25) is 15.0 Å². The minimum absolute atomic E-state index is 0.0232. The molecule has 2 aromatic carbocycles. The van der Waals surface area contributed by atoms with E-state index in [1.54, 1.807) is 12.1 Å². The molecule has 0 unspecified atom stereocenters. The van der Waals surface area contributed by atoms with Crippen LogP contribution in [0.1, 0.15) is 25.3 Å². The van der Waals surface area contributed by atoms with Crippen molar-refractivity contribution in [3.05, 3.63) is 70.6 Å². The number of nitrogens with zero attached hydrogens (tertiary/aromatic N) is 4. The number of non-ortho nitro benzene ring substituents is 1. The topological polar surface area (TPSA) is 104 Å². The molecule has 162 valence electrons. The Morgan fingerprint density at radius 1 is 1.13 bits per heavy atom. The lowest BCUT2D eigenvalue weighted by molar-refractivity contribution is -0.384. The second-order valence-corrected chi connectivity index (χ2v) is 7.39. The van der Waals surface area contributed by atoms with Crippen molar-refractivity contribution >= 4 is 5.69 Å². The lowest BCUT2D eigenvalue weighted by atomic mass is 10.1. The summed E-state index contributed by atoms with van der Waals surface area (Å²) in [5.41, 5.74) is 0.675.